The van der Waals surface area contributed by atoms with E-state index in [9.17, 15) is 0 Å². The maximum Gasteiger partial charge on any atom is 0.128 e. The average molecular weight is 1210 g/mol. The van der Waals surface area contributed by atoms with Crippen molar-refractivity contribution < 1.29 is 0 Å². The third kappa shape index (κ3) is 23.8. The number of azo groups is 1. The quantitative estimate of drug-likeness (QED) is 0.0536. The van der Waals surface area contributed by atoms with E-state index in [1.807, 2.05) is 91.0 Å². The minimum atomic E-state index is -1.33. The summed E-state index contributed by atoms with van der Waals surface area (Å²) in [6, 6.07) is 68.0. The zero-order valence-electron chi connectivity index (χ0n) is 53.3. The van der Waals surface area contributed by atoms with Gasteiger partial charge in [-0.25, -0.2) is 0 Å². The van der Waals surface area contributed by atoms with Crippen LogP contribution in [0.1, 0.15) is 13.1 Å². The topological polar surface area (TPSA) is 51.9 Å². The van der Waals surface area contributed by atoms with Gasteiger partial charge in [-0.2, -0.15) is 10.2 Å². The van der Waals surface area contributed by atoms with Crippen LogP contribution >= 0.6 is 0 Å². The predicted molar refractivity (Wildman–Crippen MR) is 389 cm³/mol. The SMILES string of the molecule is C.C#C[Si](C)(C)C.C=Nc1ccccc1.C[Si](C)(C)c1cc([Si](C)(C)C)n(-c2ccccc2)c1.C[Si](C)(C)c1cn(-c2ccccc2)cc1[Si](C)(C)C.Cc1ccc([Si](C)(C)C)n1-c1ccccc1.c1ccc(N=Nc2ccccc2)cc1. The van der Waals surface area contributed by atoms with E-state index in [1.165, 1.54) is 33.4 Å². The van der Waals surface area contributed by atoms with Gasteiger partial charge in [0.25, 0.3) is 0 Å². The number of terminal acetylenes is 1. The standard InChI is InChI=1S/2C16H25NSi2.C14H19NSi.C12H10N2.C7H7N.C5H10Si.CH4/c1-18(2,3)15-12-17(13-16(15)19(4,5)6)14-10-8-7-9-11-14;1-18(2,3)15-12-16(19(4,5)6)17(13-15)14-10-8-7-9-11-14;1-12-10-11-14(16(2,3)4)15(12)13-8-6-5-7-9-13;1-3-7-11(8-4-1)13-14-12-9-5-2-6-10-12;1-8-7-5-3-2-4-6-7;1-5-6(2,3)4;/h2*7-13H,1-6H3;5-11H,1-4H3;1-10H;2-6H,1H2;1H,2-4H3;1H4. The van der Waals surface area contributed by atoms with Crippen molar-refractivity contribution in [3.05, 3.63) is 224 Å². The molecule has 0 radical (unpaired) electrons. The Morgan fingerprint density at radius 1 is 0.386 bits per heavy atom. The lowest BCUT2D eigenvalue weighted by atomic mass is 10.3. The summed E-state index contributed by atoms with van der Waals surface area (Å²) in [6.07, 6.45) is 12.3. The minimum absolute atomic E-state index is 0. The molecule has 6 nitrogen and oxygen atoms in total. The summed E-state index contributed by atoms with van der Waals surface area (Å²) in [4.78, 5) is 3.72. The van der Waals surface area contributed by atoms with Gasteiger partial charge < -0.3 is 13.7 Å². The van der Waals surface area contributed by atoms with E-state index in [1.54, 1.807) is 15.6 Å². The molecule has 3 aromatic heterocycles. The molecule has 0 unspecified atom stereocenters. The van der Waals surface area contributed by atoms with Crippen LogP contribution in [-0.2, 0) is 0 Å². The third-order valence-electron chi connectivity index (χ3n) is 13.0. The maximum absolute atomic E-state index is 5.12. The van der Waals surface area contributed by atoms with Crippen molar-refractivity contribution in [2.45, 2.75) is 132 Å². The number of para-hydroxylation sites is 4. The van der Waals surface area contributed by atoms with Crippen molar-refractivity contribution in [3.63, 3.8) is 0 Å². The van der Waals surface area contributed by atoms with E-state index in [-0.39, 0.29) is 7.43 Å². The Morgan fingerprint density at radius 3 is 1.04 bits per heavy atom. The highest BCUT2D eigenvalue weighted by molar-refractivity contribution is 6.98. The summed E-state index contributed by atoms with van der Waals surface area (Å²) in [7, 11) is -7.54. The normalized spacial score (nSPS) is 11.4. The van der Waals surface area contributed by atoms with Crippen LogP contribution in [0.5, 0.6) is 0 Å². The van der Waals surface area contributed by atoms with E-state index in [0.29, 0.717) is 0 Å². The molecule has 0 fully saturated rings. The number of aliphatic imine (C=N–C) groups is 1. The van der Waals surface area contributed by atoms with Gasteiger partial charge in [0, 0.05) is 52.0 Å². The number of hydrogen-bond donors (Lipinski definition) is 0. The molecule has 0 spiro atoms. The van der Waals surface area contributed by atoms with Crippen LogP contribution in [-0.4, -0.2) is 68.9 Å². The molecule has 0 saturated carbocycles. The van der Waals surface area contributed by atoms with E-state index in [2.05, 4.69) is 294 Å². The smallest absolute Gasteiger partial charge is 0.128 e. The Hall–Kier alpha value is -6.71. The Bertz CT molecular complexity index is 3280. The molecule has 0 N–H and O–H groups in total. The molecular formula is C71H100N6Si6. The number of benzene rings is 6. The second-order valence-electron chi connectivity index (χ2n) is 26.7. The van der Waals surface area contributed by atoms with Crippen LogP contribution < -0.4 is 26.2 Å². The van der Waals surface area contributed by atoms with Gasteiger partial charge in [-0.05, 0) is 120 Å². The first-order valence-corrected chi connectivity index (χ1v) is 49.7. The highest BCUT2D eigenvalue weighted by Crippen LogP contribution is 2.19. The van der Waals surface area contributed by atoms with E-state index in [4.69, 9.17) is 6.42 Å². The molecule has 3 heterocycles. The largest absolute Gasteiger partial charge is 0.325 e. The molecule has 9 aromatic rings. The van der Waals surface area contributed by atoms with Gasteiger partial charge in [-0.1, -0.05) is 234 Å². The van der Waals surface area contributed by atoms with Crippen LogP contribution in [0.4, 0.5) is 17.1 Å². The first-order valence-electron chi connectivity index (χ1n) is 28.7. The van der Waals surface area contributed by atoms with Crippen LogP contribution in [0, 0.1) is 18.9 Å². The van der Waals surface area contributed by atoms with Crippen molar-refractivity contribution in [2.75, 3.05) is 0 Å². The molecule has 0 aliphatic carbocycles. The van der Waals surface area contributed by atoms with Gasteiger partial charge >= 0.3 is 0 Å². The molecule has 12 heteroatoms. The molecule has 0 bridgehead atoms. The van der Waals surface area contributed by atoms with Gasteiger partial charge in [0.2, 0.25) is 0 Å². The molecule has 0 amide bonds. The lowest BCUT2D eigenvalue weighted by Crippen LogP contribution is -2.54. The van der Waals surface area contributed by atoms with Crippen molar-refractivity contribution in [1.82, 2.24) is 13.7 Å². The summed E-state index contributed by atoms with van der Waals surface area (Å²) in [5.74, 6) is 0. The predicted octanol–water partition coefficient (Wildman–Crippen LogP) is 18.7. The molecule has 438 valence electrons. The van der Waals surface area contributed by atoms with Crippen molar-refractivity contribution in [1.29, 1.82) is 0 Å². The summed E-state index contributed by atoms with van der Waals surface area (Å²) in [5, 5.41) is 16.1. The number of aryl methyl sites for hydroxylation is 1. The van der Waals surface area contributed by atoms with E-state index >= 15 is 0 Å². The summed E-state index contributed by atoms with van der Waals surface area (Å²) < 4.78 is 7.15. The van der Waals surface area contributed by atoms with Gasteiger partial charge in [0.05, 0.1) is 57.4 Å². The Balaban J connectivity index is 0.000000269. The molecule has 6 aromatic carbocycles. The van der Waals surface area contributed by atoms with Gasteiger partial charge in [-0.15, -0.1) is 12.0 Å². The molecule has 83 heavy (non-hydrogen) atoms. The first kappa shape index (κ1) is 70.6. The highest BCUT2D eigenvalue weighted by Gasteiger charge is 2.30. The van der Waals surface area contributed by atoms with Crippen LogP contribution in [0.2, 0.25) is 118 Å². The van der Waals surface area contributed by atoms with Crippen molar-refractivity contribution in [3.8, 4) is 29.0 Å². The Labute approximate surface area is 509 Å². The molecule has 0 saturated heterocycles. The fourth-order valence-electron chi connectivity index (χ4n) is 8.33. The van der Waals surface area contributed by atoms with E-state index < -0.39 is 48.4 Å². The van der Waals surface area contributed by atoms with E-state index in [0.717, 1.165) is 17.1 Å². The zero-order chi connectivity index (χ0) is 60.9. The fourth-order valence-corrected chi connectivity index (χ4v) is 17.7. The highest BCUT2D eigenvalue weighted by atomic mass is 28.3. The average Bonchev–Trinajstić information content (AvgIpc) is 4.36. The maximum atomic E-state index is 5.12. The van der Waals surface area contributed by atoms with Gasteiger partial charge in [-0.3, -0.25) is 4.99 Å². The molecular weight excluding hydrogens is 1110 g/mol. The van der Waals surface area contributed by atoms with Gasteiger partial charge in [0.15, 0.2) is 0 Å². The number of aromatic nitrogens is 3. The lowest BCUT2D eigenvalue weighted by molar-refractivity contribution is 1.04. The van der Waals surface area contributed by atoms with Crippen LogP contribution in [0.15, 0.2) is 234 Å². The lowest BCUT2D eigenvalue weighted by Gasteiger charge is -2.23. The molecule has 0 atom stereocenters. The first-order chi connectivity index (χ1) is 38.3. The molecule has 0 aliphatic heterocycles. The number of hydrogen-bond acceptors (Lipinski definition) is 3. The Kier molecular flexibility index (Phi) is 27.0. The Morgan fingerprint density at radius 2 is 0.723 bits per heavy atom. The number of nitrogens with zero attached hydrogens (tertiary/aromatic N) is 6. The minimum Gasteiger partial charge on any atom is -0.325 e. The molecule has 9 rings (SSSR count). The second kappa shape index (κ2) is 31.8. The second-order valence-corrected chi connectivity index (χ2v) is 56.7. The van der Waals surface area contributed by atoms with Gasteiger partial charge in [0.1, 0.15) is 8.07 Å². The summed E-state index contributed by atoms with van der Waals surface area (Å²) in [5.41, 5.74) is 10.6. The third-order valence-corrected chi connectivity index (χ3v) is 24.0. The monoisotopic (exact) mass is 1200 g/mol. The zero-order valence-corrected chi connectivity index (χ0v) is 59.3. The van der Waals surface area contributed by atoms with Crippen LogP contribution in [0.25, 0.3) is 17.1 Å². The van der Waals surface area contributed by atoms with Crippen molar-refractivity contribution in [2.24, 2.45) is 15.2 Å². The fraction of sp³-hybridized carbons (Fsp3) is 0.282. The summed E-state index contributed by atoms with van der Waals surface area (Å²) >= 11 is 0. The molecule has 0 aliphatic rings. The number of rotatable bonds is 11. The van der Waals surface area contributed by atoms with Crippen molar-refractivity contribution >= 4 is 98.4 Å². The summed E-state index contributed by atoms with van der Waals surface area (Å²) in [6.45, 7) is 48.4. The van der Waals surface area contributed by atoms with Crippen LogP contribution in [0.3, 0.4) is 0 Å².